The number of nitrogens with two attached hydrogens (primary N) is 1. The van der Waals surface area contributed by atoms with Crippen LogP contribution in [0.15, 0.2) is 18.2 Å². The maximum atomic E-state index is 12.0. The fourth-order valence-electron chi connectivity index (χ4n) is 1.71. The molecule has 0 fully saturated rings. The van der Waals surface area contributed by atoms with Crippen LogP contribution in [0.2, 0.25) is 5.02 Å². The van der Waals surface area contributed by atoms with Crippen molar-refractivity contribution in [1.82, 2.24) is 15.5 Å². The third-order valence-corrected chi connectivity index (χ3v) is 3.88. The van der Waals surface area contributed by atoms with E-state index in [1.54, 1.807) is 0 Å². The van der Waals surface area contributed by atoms with Crippen LogP contribution in [0.5, 0.6) is 0 Å². The number of aromatic nitrogens is 2. The van der Waals surface area contributed by atoms with Crippen molar-refractivity contribution in [2.75, 3.05) is 12.3 Å². The molecule has 0 aliphatic heterocycles. The molecule has 1 aromatic carbocycles. The lowest BCUT2D eigenvalue weighted by atomic mass is 10.2. The lowest BCUT2D eigenvalue weighted by molar-refractivity contribution is -0.384. The summed E-state index contributed by atoms with van der Waals surface area (Å²) >= 11 is 7.19. The Labute approximate surface area is 134 Å². The van der Waals surface area contributed by atoms with Crippen LogP contribution < -0.4 is 11.1 Å². The van der Waals surface area contributed by atoms with E-state index in [9.17, 15) is 14.9 Å². The SMILES string of the molecule is Nc1nnc(CCCNC(=O)c2cc([N+](=O)[O-])ccc2Cl)s1. The first-order valence-electron chi connectivity index (χ1n) is 6.27. The summed E-state index contributed by atoms with van der Waals surface area (Å²) in [5, 5.41) is 22.3. The van der Waals surface area contributed by atoms with E-state index in [1.807, 2.05) is 0 Å². The molecule has 3 N–H and O–H groups in total. The normalized spacial score (nSPS) is 10.4. The third kappa shape index (κ3) is 4.12. The van der Waals surface area contributed by atoms with E-state index in [1.165, 1.54) is 23.5 Å². The molecule has 8 nitrogen and oxygen atoms in total. The summed E-state index contributed by atoms with van der Waals surface area (Å²) in [5.74, 6) is -0.453. The van der Waals surface area contributed by atoms with Gasteiger partial charge in [0.05, 0.1) is 15.5 Å². The summed E-state index contributed by atoms with van der Waals surface area (Å²) in [4.78, 5) is 22.1. The molecule has 0 spiro atoms. The van der Waals surface area contributed by atoms with Crippen molar-refractivity contribution in [1.29, 1.82) is 0 Å². The average Bonchev–Trinajstić information content (AvgIpc) is 2.89. The highest BCUT2D eigenvalue weighted by molar-refractivity contribution is 7.15. The van der Waals surface area contributed by atoms with Gasteiger partial charge in [-0.1, -0.05) is 22.9 Å². The molecule has 1 aromatic heterocycles. The van der Waals surface area contributed by atoms with E-state index in [0.29, 0.717) is 24.5 Å². The number of non-ortho nitro benzene ring substituents is 1. The lowest BCUT2D eigenvalue weighted by Crippen LogP contribution is -2.25. The number of amides is 1. The van der Waals surface area contributed by atoms with Crippen LogP contribution in [0, 0.1) is 10.1 Å². The number of nitrogen functional groups attached to an aromatic ring is 1. The zero-order valence-corrected chi connectivity index (χ0v) is 12.9. The second-order valence-electron chi connectivity index (χ2n) is 4.31. The summed E-state index contributed by atoms with van der Waals surface area (Å²) in [6.07, 6.45) is 1.28. The van der Waals surface area contributed by atoms with Crippen molar-refractivity contribution < 1.29 is 9.72 Å². The van der Waals surface area contributed by atoms with Crippen LogP contribution in [-0.4, -0.2) is 27.6 Å². The monoisotopic (exact) mass is 341 g/mol. The first-order chi connectivity index (χ1) is 10.5. The van der Waals surface area contributed by atoms with E-state index in [0.717, 1.165) is 11.1 Å². The Hall–Kier alpha value is -2.26. The number of nitro benzene ring substituents is 1. The number of rotatable bonds is 6. The number of hydrogen-bond donors (Lipinski definition) is 2. The predicted octanol–water partition coefficient (Wildman–Crippen LogP) is 2.04. The Kier molecular flexibility index (Phi) is 5.23. The second-order valence-corrected chi connectivity index (χ2v) is 5.82. The van der Waals surface area contributed by atoms with Gasteiger partial charge in [-0.05, 0) is 12.5 Å². The molecular formula is C12H12ClN5O3S. The van der Waals surface area contributed by atoms with E-state index < -0.39 is 10.8 Å². The van der Waals surface area contributed by atoms with Crippen molar-refractivity contribution in [3.63, 3.8) is 0 Å². The molecule has 116 valence electrons. The minimum atomic E-state index is -0.576. The van der Waals surface area contributed by atoms with E-state index in [-0.39, 0.29) is 16.3 Å². The zero-order valence-electron chi connectivity index (χ0n) is 11.3. The van der Waals surface area contributed by atoms with Gasteiger partial charge in [0.25, 0.3) is 11.6 Å². The number of halogens is 1. The third-order valence-electron chi connectivity index (χ3n) is 2.74. The molecule has 0 atom stereocenters. The summed E-state index contributed by atoms with van der Waals surface area (Å²) in [6.45, 7) is 0.386. The smallest absolute Gasteiger partial charge is 0.270 e. The van der Waals surface area contributed by atoms with Crippen molar-refractivity contribution in [2.24, 2.45) is 0 Å². The quantitative estimate of drug-likeness (QED) is 0.470. The van der Waals surface area contributed by atoms with Crippen LogP contribution in [0.4, 0.5) is 10.8 Å². The lowest BCUT2D eigenvalue weighted by Gasteiger charge is -2.06. The van der Waals surface area contributed by atoms with Crippen molar-refractivity contribution in [2.45, 2.75) is 12.8 Å². The molecule has 0 saturated carbocycles. The highest BCUT2D eigenvalue weighted by Gasteiger charge is 2.15. The fourth-order valence-corrected chi connectivity index (χ4v) is 2.56. The van der Waals surface area contributed by atoms with E-state index >= 15 is 0 Å². The Morgan fingerprint density at radius 3 is 2.86 bits per heavy atom. The largest absolute Gasteiger partial charge is 0.374 e. The van der Waals surface area contributed by atoms with Gasteiger partial charge in [0.1, 0.15) is 5.01 Å². The molecular weight excluding hydrogens is 330 g/mol. The number of nitrogens with one attached hydrogen (secondary N) is 1. The number of aryl methyl sites for hydroxylation is 1. The van der Waals surface area contributed by atoms with Gasteiger partial charge in [-0.2, -0.15) is 0 Å². The summed E-state index contributed by atoms with van der Waals surface area (Å²) in [7, 11) is 0. The molecule has 22 heavy (non-hydrogen) atoms. The first kappa shape index (κ1) is 16.1. The highest BCUT2D eigenvalue weighted by atomic mass is 35.5. The maximum Gasteiger partial charge on any atom is 0.270 e. The number of nitrogens with zero attached hydrogens (tertiary/aromatic N) is 3. The standard InChI is InChI=1S/C12H12ClN5O3S/c13-9-4-3-7(18(20)21)6-8(9)11(19)15-5-1-2-10-16-17-12(14)22-10/h3-4,6H,1-2,5H2,(H2,14,17)(H,15,19). The van der Waals surface area contributed by atoms with Gasteiger partial charge in [-0.3, -0.25) is 14.9 Å². The van der Waals surface area contributed by atoms with Crippen LogP contribution in [0.1, 0.15) is 21.8 Å². The van der Waals surface area contributed by atoms with Crippen LogP contribution in [-0.2, 0) is 6.42 Å². The van der Waals surface area contributed by atoms with Gasteiger partial charge in [-0.25, -0.2) is 0 Å². The Bertz CT molecular complexity index is 706. The number of benzene rings is 1. The van der Waals surface area contributed by atoms with Crippen LogP contribution >= 0.6 is 22.9 Å². The summed E-state index contributed by atoms with van der Waals surface area (Å²) < 4.78 is 0. The van der Waals surface area contributed by atoms with Gasteiger partial charge in [0, 0.05) is 25.1 Å². The van der Waals surface area contributed by atoms with Gasteiger partial charge in [-0.15, -0.1) is 10.2 Å². The van der Waals surface area contributed by atoms with Crippen LogP contribution in [0.25, 0.3) is 0 Å². The number of anilines is 1. The Morgan fingerprint density at radius 1 is 1.45 bits per heavy atom. The molecule has 2 aromatic rings. The molecule has 2 rings (SSSR count). The Morgan fingerprint density at radius 2 is 2.23 bits per heavy atom. The van der Waals surface area contributed by atoms with Gasteiger partial charge in [0.2, 0.25) is 5.13 Å². The number of hydrogen-bond acceptors (Lipinski definition) is 7. The van der Waals surface area contributed by atoms with E-state index in [2.05, 4.69) is 15.5 Å². The molecule has 0 bridgehead atoms. The van der Waals surface area contributed by atoms with Crippen molar-refractivity contribution >= 4 is 39.7 Å². The fraction of sp³-hybridized carbons (Fsp3) is 0.250. The number of carbonyl (C=O) groups excluding carboxylic acids is 1. The number of carbonyl (C=O) groups is 1. The molecule has 1 amide bonds. The minimum absolute atomic E-state index is 0.0797. The molecule has 0 radical (unpaired) electrons. The molecule has 1 heterocycles. The maximum absolute atomic E-state index is 12.0. The molecule has 0 aliphatic rings. The topological polar surface area (TPSA) is 124 Å². The predicted molar refractivity (Wildman–Crippen MR) is 83.1 cm³/mol. The molecule has 0 saturated heterocycles. The van der Waals surface area contributed by atoms with E-state index in [4.69, 9.17) is 17.3 Å². The average molecular weight is 342 g/mol. The van der Waals surface area contributed by atoms with Gasteiger partial charge in [0.15, 0.2) is 0 Å². The number of nitro groups is 1. The van der Waals surface area contributed by atoms with Crippen LogP contribution in [0.3, 0.4) is 0 Å². The summed E-state index contributed by atoms with van der Waals surface area (Å²) in [6, 6.07) is 3.74. The highest BCUT2D eigenvalue weighted by Crippen LogP contribution is 2.22. The minimum Gasteiger partial charge on any atom is -0.374 e. The van der Waals surface area contributed by atoms with Crippen molar-refractivity contribution in [3.8, 4) is 0 Å². The Balaban J connectivity index is 1.89. The molecule has 0 aliphatic carbocycles. The van der Waals surface area contributed by atoms with Crippen molar-refractivity contribution in [3.05, 3.63) is 43.9 Å². The molecule has 0 unspecified atom stereocenters. The van der Waals surface area contributed by atoms with Gasteiger partial charge >= 0.3 is 0 Å². The summed E-state index contributed by atoms with van der Waals surface area (Å²) in [5.41, 5.74) is 5.37. The molecule has 10 heteroatoms. The first-order valence-corrected chi connectivity index (χ1v) is 7.47. The van der Waals surface area contributed by atoms with Gasteiger partial charge < -0.3 is 11.1 Å². The second kappa shape index (κ2) is 7.14. The zero-order chi connectivity index (χ0) is 16.1.